The van der Waals surface area contributed by atoms with Gasteiger partial charge in [0.05, 0.1) is 6.19 Å². The van der Waals surface area contributed by atoms with Gasteiger partial charge in [-0.25, -0.2) is 4.57 Å². The van der Waals surface area contributed by atoms with E-state index >= 15 is 0 Å². The van der Waals surface area contributed by atoms with Crippen molar-refractivity contribution in [3.05, 3.63) is 36.0 Å². The second-order valence-electron chi connectivity index (χ2n) is 4.19. The number of hydrogen-bond donors (Lipinski definition) is 0. The maximum atomic E-state index is 7.43. The quantitative estimate of drug-likeness (QED) is 0.319. The molecule has 0 aliphatic carbocycles. The molecule has 0 aromatic carbocycles. The molecule has 0 saturated heterocycles. The highest BCUT2D eigenvalue weighted by Crippen LogP contribution is 2.04. The van der Waals surface area contributed by atoms with Gasteiger partial charge in [0.15, 0.2) is 12.4 Å². The van der Waals surface area contributed by atoms with Crippen molar-refractivity contribution in [2.24, 2.45) is 4.99 Å². The minimum absolute atomic E-state index is 1.17. The third-order valence-electron chi connectivity index (χ3n) is 2.65. The van der Waals surface area contributed by atoms with E-state index in [4.69, 9.17) is 10.7 Å². The van der Waals surface area contributed by atoms with Gasteiger partial charge in [0.2, 0.25) is 0 Å². The van der Waals surface area contributed by atoms with E-state index in [1.807, 2.05) is 0 Å². The molecule has 1 aromatic rings. The average Bonchev–Trinajstić information content (AvgIpc) is 2.45. The molecule has 0 aliphatic heterocycles. The summed E-state index contributed by atoms with van der Waals surface area (Å²) in [6.07, 6.45) is 13.8. The Kier molecular flexibility index (Phi) is 12.6. The van der Waals surface area contributed by atoms with Crippen LogP contribution in [0.3, 0.4) is 0 Å². The highest BCUT2D eigenvalue weighted by atomic mass is 14.9. The van der Waals surface area contributed by atoms with Crippen molar-refractivity contribution in [3.63, 3.8) is 0 Å². The lowest BCUT2D eigenvalue weighted by atomic mass is 10.1. The Labute approximate surface area is 115 Å². The minimum Gasteiger partial charge on any atom is -0.422 e. The summed E-state index contributed by atoms with van der Waals surface area (Å²) in [4.78, 5) is 2.58. The maximum Gasteiger partial charge on any atom is 0.168 e. The molecule has 0 fully saturated rings. The maximum absolute atomic E-state index is 7.43. The third-order valence-corrected chi connectivity index (χ3v) is 2.65. The molecule has 0 unspecified atom stereocenters. The van der Waals surface area contributed by atoms with Crippen LogP contribution in [0.25, 0.3) is 5.41 Å². The molecule has 1 rings (SSSR count). The van der Waals surface area contributed by atoms with Crippen LogP contribution in [-0.4, -0.2) is 6.01 Å². The van der Waals surface area contributed by atoms with Gasteiger partial charge in [-0.1, -0.05) is 38.7 Å². The lowest BCUT2D eigenvalue weighted by Crippen LogP contribution is -2.32. The Morgan fingerprint density at radius 3 is 2.21 bits per heavy atom. The van der Waals surface area contributed by atoms with Gasteiger partial charge in [-0.15, -0.1) is 6.01 Å². The van der Waals surface area contributed by atoms with Crippen LogP contribution in [-0.2, 0) is 6.54 Å². The predicted octanol–water partition coefficient (Wildman–Crippen LogP) is 3.55. The van der Waals surface area contributed by atoms with Gasteiger partial charge >= 0.3 is 0 Å². The highest BCUT2D eigenvalue weighted by molar-refractivity contribution is 5.46. The molecule has 0 spiro atoms. The van der Waals surface area contributed by atoms with Crippen molar-refractivity contribution >= 4 is 6.01 Å². The van der Waals surface area contributed by atoms with Gasteiger partial charge in [0.1, 0.15) is 6.54 Å². The van der Waals surface area contributed by atoms with E-state index in [2.05, 4.69) is 47.1 Å². The second kappa shape index (κ2) is 14.1. The summed E-state index contributed by atoms with van der Waals surface area (Å²) in [5.74, 6) is 0. The average molecular weight is 258 g/mol. The first-order valence-corrected chi connectivity index (χ1v) is 6.77. The Morgan fingerprint density at radius 2 is 1.68 bits per heavy atom. The van der Waals surface area contributed by atoms with Gasteiger partial charge in [0.25, 0.3) is 0 Å². The molecule has 19 heavy (non-hydrogen) atoms. The number of unbranched alkanes of at least 4 members (excludes halogenated alkanes) is 5. The predicted molar refractivity (Wildman–Crippen MR) is 76.4 cm³/mol. The van der Waals surface area contributed by atoms with Gasteiger partial charge in [-0.05, 0) is 6.42 Å². The molecule has 0 bridgehead atoms. The molecule has 4 nitrogen and oxygen atoms in total. The van der Waals surface area contributed by atoms with Gasteiger partial charge in [-0.3, -0.25) is 0 Å². The van der Waals surface area contributed by atoms with Crippen molar-refractivity contribution in [1.29, 1.82) is 5.26 Å². The molecule has 0 radical (unpaired) electrons. The second-order valence-corrected chi connectivity index (χ2v) is 4.19. The molecule has 0 amide bonds. The van der Waals surface area contributed by atoms with Crippen molar-refractivity contribution in [1.82, 2.24) is 0 Å². The summed E-state index contributed by atoms with van der Waals surface area (Å²) in [5.41, 5.74) is 0. The molecular formula is C15H22N4. The summed E-state index contributed by atoms with van der Waals surface area (Å²) in [6, 6.07) is 7.54. The van der Waals surface area contributed by atoms with Gasteiger partial charge < -0.3 is 10.4 Å². The molecule has 0 aliphatic rings. The number of aromatic nitrogens is 1. The molecule has 0 atom stereocenters. The summed E-state index contributed by atoms with van der Waals surface area (Å²) >= 11 is 0. The molecule has 0 saturated carbocycles. The SMILES string of the molecule is CCCCCCCC[n+]1ccccc1.N#CN=C=[N-]. The number of aryl methyl sites for hydroxylation is 1. The number of pyridine rings is 1. The fourth-order valence-electron chi connectivity index (χ4n) is 1.68. The van der Waals surface area contributed by atoms with E-state index in [1.54, 1.807) is 0 Å². The van der Waals surface area contributed by atoms with Gasteiger partial charge in [-0.2, -0.15) is 5.26 Å². The lowest BCUT2D eigenvalue weighted by Gasteiger charge is -1.98. The molecule has 1 heterocycles. The van der Waals surface area contributed by atoms with E-state index in [9.17, 15) is 0 Å². The van der Waals surface area contributed by atoms with Gasteiger partial charge in [0, 0.05) is 18.6 Å². The summed E-state index contributed by atoms with van der Waals surface area (Å²) in [5, 5.41) is 14.9. The van der Waals surface area contributed by atoms with Crippen LogP contribution >= 0.6 is 0 Å². The van der Waals surface area contributed by atoms with E-state index in [1.165, 1.54) is 57.3 Å². The summed E-state index contributed by atoms with van der Waals surface area (Å²) in [7, 11) is 0. The van der Waals surface area contributed by atoms with E-state index < -0.39 is 0 Å². The van der Waals surface area contributed by atoms with Crippen LogP contribution in [0.2, 0.25) is 0 Å². The minimum atomic E-state index is 1.17. The molecule has 102 valence electrons. The summed E-state index contributed by atoms with van der Waals surface area (Å²) < 4.78 is 2.26. The number of nitrogens with zero attached hydrogens (tertiary/aromatic N) is 4. The number of nitriles is 1. The first-order valence-electron chi connectivity index (χ1n) is 6.77. The lowest BCUT2D eigenvalue weighted by molar-refractivity contribution is -0.697. The van der Waals surface area contributed by atoms with Crippen molar-refractivity contribution in [2.75, 3.05) is 0 Å². The Morgan fingerprint density at radius 1 is 1.05 bits per heavy atom. The molecule has 1 aromatic heterocycles. The monoisotopic (exact) mass is 258 g/mol. The Hall–Kier alpha value is -1.98. The normalized spacial score (nSPS) is 8.63. The van der Waals surface area contributed by atoms with Crippen molar-refractivity contribution < 1.29 is 4.57 Å². The largest absolute Gasteiger partial charge is 0.422 e. The Balaban J connectivity index is 0.000000555. The van der Waals surface area contributed by atoms with Crippen LogP contribution in [0.15, 0.2) is 35.6 Å². The standard InChI is InChI=1S/C13H22N.C2N3/c1-2-3-4-5-6-8-11-14-12-9-7-10-13-14;3-1-5-2-4/h7,9-10,12-13H,2-6,8,11H2,1H3;/q+1;-1. The van der Waals surface area contributed by atoms with Crippen LogP contribution in [0.5, 0.6) is 0 Å². The smallest absolute Gasteiger partial charge is 0.168 e. The zero-order valence-electron chi connectivity index (χ0n) is 11.6. The van der Waals surface area contributed by atoms with Crippen LogP contribution in [0, 0.1) is 11.5 Å². The third kappa shape index (κ3) is 12.3. The topological polar surface area (TPSA) is 62.3 Å². The number of hydrogen-bond acceptors (Lipinski definition) is 2. The van der Waals surface area contributed by atoms with Crippen molar-refractivity contribution in [2.45, 2.75) is 52.0 Å². The zero-order chi connectivity index (χ0) is 14.2. The number of rotatable bonds is 7. The number of aliphatic imine (C=N–C) groups is 1. The molecule has 4 heteroatoms. The zero-order valence-corrected chi connectivity index (χ0v) is 11.6. The molecular weight excluding hydrogens is 236 g/mol. The summed E-state index contributed by atoms with van der Waals surface area (Å²) in [6.45, 7) is 3.44. The highest BCUT2D eigenvalue weighted by Gasteiger charge is 1.96. The first-order chi connectivity index (χ1) is 9.35. The van der Waals surface area contributed by atoms with Crippen LogP contribution in [0.1, 0.15) is 45.4 Å². The fourth-order valence-corrected chi connectivity index (χ4v) is 1.68. The van der Waals surface area contributed by atoms with Crippen LogP contribution in [0.4, 0.5) is 0 Å². The van der Waals surface area contributed by atoms with Crippen LogP contribution < -0.4 is 4.57 Å². The van der Waals surface area contributed by atoms with Crippen molar-refractivity contribution in [3.8, 4) is 6.19 Å². The Bertz CT molecular complexity index is 388. The fraction of sp³-hybridized carbons (Fsp3) is 0.533. The first kappa shape index (κ1) is 17.0. The van der Waals surface area contributed by atoms with E-state index in [0.717, 1.165) is 0 Å². The van der Waals surface area contributed by atoms with E-state index in [-0.39, 0.29) is 0 Å². The van der Waals surface area contributed by atoms with E-state index in [0.29, 0.717) is 0 Å². The molecule has 0 N–H and O–H groups in total.